The van der Waals surface area contributed by atoms with Gasteiger partial charge in [0.15, 0.2) is 34.7 Å². The fourth-order valence-electron chi connectivity index (χ4n) is 14.4. The van der Waals surface area contributed by atoms with Crippen molar-refractivity contribution < 1.29 is 69.7 Å². The second-order valence-electron chi connectivity index (χ2n) is 33.8. The highest BCUT2D eigenvalue weighted by atomic mass is 79.9. The highest BCUT2D eigenvalue weighted by Crippen LogP contribution is 2.51. The molecule has 8 heterocycles. The number of carbonyl (C=O) groups excluding carboxylic acids is 3. The van der Waals surface area contributed by atoms with Crippen LogP contribution < -0.4 is 34.4 Å². The number of nitrogens with zero attached hydrogens (tertiary/aromatic N) is 9. The standard InChI is InChI=1S/C26H31BFNO4.C23H23FN4O2.C20H19BrFNO2.C12H24B2O4.C3H4BrN3/c1-16-10-13-18-21(29(16)24(30)17-11-12-17)15-14-19(27-32-25(2,3)26(4,5)33-27)23(18)31-22-9-7-6-8-20(22)28;1-14-7-10-17-20(28(14)23(29)15-8-9-15)12-11-16(19-13-27(2)26-25-19)22(17)30-21-6-4-3-5-18(21)24;1-12-6-9-14-17(23(12)20(24)13-7-8-13)11-10-15(21)19(14)25-18-5-3-2-4-16(18)22;1-9(2)10(3,4)16-13(15-9)14-17-11(5,6)12(7,8)18-14;1-7-2-3(4)5-6-7/h6-9,14-17H,10-13H2,1-5H3;3-6,11-15H,7-10H2,1-2H3;2-5,10-13H,6-9H2,1H3;1-8H3;2H,1H3/t16-;14-;12-;;/m000../s1. The molecule has 3 aliphatic carbocycles. The molecule has 17 rings (SSSR count). The first-order valence-electron chi connectivity index (χ1n) is 39.2. The van der Waals surface area contributed by atoms with E-state index in [0.717, 1.165) is 125 Å². The number of hydrogen-bond donors (Lipinski definition) is 0. The zero-order valence-corrected chi connectivity index (χ0v) is 70.7. The molecule has 21 nitrogen and oxygen atoms in total. The number of halogens is 5. The molecule has 0 N–H and O–H groups in total. The van der Waals surface area contributed by atoms with Crippen LogP contribution in [-0.2, 0) is 75.7 Å². The van der Waals surface area contributed by atoms with Gasteiger partial charge in [0.1, 0.15) is 27.5 Å². The Morgan fingerprint density at radius 3 is 1.12 bits per heavy atom. The van der Waals surface area contributed by atoms with E-state index in [9.17, 15) is 27.6 Å². The Balaban J connectivity index is 0.000000130. The number of aryl methyl sites for hydroxylation is 2. The van der Waals surface area contributed by atoms with Crippen molar-refractivity contribution in [1.82, 2.24) is 30.0 Å². The molecule has 113 heavy (non-hydrogen) atoms. The first-order chi connectivity index (χ1) is 53.3. The van der Waals surface area contributed by atoms with Gasteiger partial charge in [0.25, 0.3) is 0 Å². The summed E-state index contributed by atoms with van der Waals surface area (Å²) < 4.78 is 103. The molecule has 3 saturated heterocycles. The van der Waals surface area contributed by atoms with E-state index in [4.69, 9.17) is 42.1 Å². The number of amides is 3. The maximum atomic E-state index is 14.6. The molecular formula is C84H101B3Br2F3N9O12. The van der Waals surface area contributed by atoms with Crippen molar-refractivity contribution in [3.63, 3.8) is 0 Å². The Kier molecular flexibility index (Phi) is 24.0. The second-order valence-corrected chi connectivity index (χ2v) is 35.5. The lowest BCUT2D eigenvalue weighted by Gasteiger charge is -2.37. The van der Waals surface area contributed by atoms with Crippen LogP contribution in [0.25, 0.3) is 11.3 Å². The zero-order chi connectivity index (χ0) is 81.2. The Bertz CT molecular complexity index is 4760. The molecule has 2 aromatic heterocycles. The molecule has 6 aromatic carbocycles. The molecule has 3 amide bonds. The molecular weight excluding hydrogens is 1580 g/mol. The van der Waals surface area contributed by atoms with Crippen LogP contribution in [-0.4, -0.2) is 121 Å². The number of carbonyl (C=O) groups is 3. The molecule has 9 aliphatic rings. The number of rotatable bonds is 12. The van der Waals surface area contributed by atoms with Gasteiger partial charge in [-0.3, -0.25) is 23.7 Å². The molecule has 8 aromatic rings. The van der Waals surface area contributed by atoms with Crippen LogP contribution in [0.3, 0.4) is 0 Å². The van der Waals surface area contributed by atoms with Crippen molar-refractivity contribution in [2.75, 3.05) is 14.7 Å². The SMILES string of the molecule is CC1(C)OB(B2OC(C)(C)C(C)(C)O2)OC1(C)C.C[C@H]1CCc2c(ccc(-c3cn(C)nn3)c2Oc2ccccc2F)N1C(=O)C1CC1.C[C@H]1CCc2c(ccc(B3OC(C)(C)C(C)(C)O3)c2Oc2ccccc2F)N1C(=O)C1CC1.C[C@H]1CCc2c(ccc(Br)c2Oc2ccccc2F)N1C(=O)C1CC1.Cn1cc(Br)nn1. The minimum absolute atomic E-state index is 0.106. The van der Waals surface area contributed by atoms with Gasteiger partial charge >= 0.3 is 21.1 Å². The normalized spacial score (nSPS) is 21.7. The van der Waals surface area contributed by atoms with Gasteiger partial charge in [-0.05, 0) is 279 Å². The number of benzene rings is 6. The summed E-state index contributed by atoms with van der Waals surface area (Å²) in [5.41, 5.74) is 4.97. The lowest BCUT2D eigenvalue weighted by molar-refractivity contribution is -0.121. The third kappa shape index (κ3) is 17.8. The molecule has 0 radical (unpaired) electrons. The Hall–Kier alpha value is -7.89. The monoisotopic (exact) mass is 1680 g/mol. The summed E-state index contributed by atoms with van der Waals surface area (Å²) in [5, 5.41) is 15.5. The van der Waals surface area contributed by atoms with Crippen molar-refractivity contribution in [2.45, 2.75) is 233 Å². The van der Waals surface area contributed by atoms with E-state index < -0.39 is 49.8 Å². The van der Waals surface area contributed by atoms with Gasteiger partial charge in [-0.15, -0.1) is 10.2 Å². The van der Waals surface area contributed by atoms with Crippen molar-refractivity contribution in [3.8, 4) is 45.8 Å². The smallest absolute Gasteiger partial charge is 0.454 e. The zero-order valence-electron chi connectivity index (χ0n) is 67.5. The lowest BCUT2D eigenvalue weighted by atomic mass is 9.49. The molecule has 6 fully saturated rings. The molecule has 0 unspecified atom stereocenters. The summed E-state index contributed by atoms with van der Waals surface area (Å²) in [6, 6.07) is 31.0. The fourth-order valence-corrected chi connectivity index (χ4v) is 15.2. The van der Waals surface area contributed by atoms with Gasteiger partial charge in [-0.2, -0.15) is 0 Å². The van der Waals surface area contributed by atoms with Gasteiger partial charge in [0.2, 0.25) is 17.7 Å². The van der Waals surface area contributed by atoms with E-state index in [2.05, 4.69) is 73.3 Å². The molecule has 3 saturated carbocycles. The van der Waals surface area contributed by atoms with Crippen LogP contribution in [0.5, 0.6) is 34.5 Å². The van der Waals surface area contributed by atoms with Gasteiger partial charge < -0.3 is 56.8 Å². The largest absolute Gasteiger partial charge is 0.498 e. The number of anilines is 3. The second kappa shape index (κ2) is 32.7. The maximum absolute atomic E-state index is 14.6. The summed E-state index contributed by atoms with van der Waals surface area (Å²) >= 11 is 6.66. The van der Waals surface area contributed by atoms with Gasteiger partial charge in [-0.1, -0.05) is 52.9 Å². The van der Waals surface area contributed by atoms with Crippen LogP contribution >= 0.6 is 31.9 Å². The van der Waals surface area contributed by atoms with E-state index in [1.165, 1.54) is 18.2 Å². The summed E-state index contributed by atoms with van der Waals surface area (Å²) in [6.45, 7) is 30.5. The third-order valence-electron chi connectivity index (χ3n) is 23.6. The van der Waals surface area contributed by atoms with Crippen LogP contribution in [0, 0.1) is 35.2 Å². The van der Waals surface area contributed by atoms with Crippen molar-refractivity contribution in [2.24, 2.45) is 31.8 Å². The van der Waals surface area contributed by atoms with E-state index >= 15 is 0 Å². The summed E-state index contributed by atoms with van der Waals surface area (Å²) in [6.07, 6.45) is 14.1. The van der Waals surface area contributed by atoms with Gasteiger partial charge in [0, 0.05) is 77.7 Å². The molecule has 3 atom stereocenters. The Morgan fingerprint density at radius 1 is 0.425 bits per heavy atom. The van der Waals surface area contributed by atoms with E-state index in [1.54, 1.807) is 83.4 Å². The Labute approximate surface area is 678 Å². The van der Waals surface area contributed by atoms with Gasteiger partial charge in [0.05, 0.1) is 67.5 Å². The molecule has 6 aliphatic heterocycles. The summed E-state index contributed by atoms with van der Waals surface area (Å²) in [5.74, 6) is 1.80. The highest BCUT2D eigenvalue weighted by molar-refractivity contribution is 9.10. The van der Waals surface area contributed by atoms with Crippen LogP contribution in [0.2, 0.25) is 0 Å². The van der Waals surface area contributed by atoms with E-state index in [1.807, 2.05) is 141 Å². The van der Waals surface area contributed by atoms with Crippen LogP contribution in [0.1, 0.15) is 178 Å². The average Bonchev–Trinajstić information content (AvgIpc) is 1.68. The number of aromatic nitrogens is 6. The Morgan fingerprint density at radius 2 is 0.761 bits per heavy atom. The molecule has 0 spiro atoms. The fraction of sp³-hybridized carbons (Fsp3) is 0.488. The minimum Gasteiger partial charge on any atom is -0.454 e. The molecule has 0 bridgehead atoms. The van der Waals surface area contributed by atoms with Gasteiger partial charge in [-0.25, -0.2) is 13.2 Å². The lowest BCUT2D eigenvalue weighted by Crippen LogP contribution is -2.44. The van der Waals surface area contributed by atoms with Crippen molar-refractivity contribution >= 4 is 93.2 Å². The summed E-state index contributed by atoms with van der Waals surface area (Å²) in [4.78, 5) is 44.7. The van der Waals surface area contributed by atoms with Crippen molar-refractivity contribution in [3.05, 3.63) is 165 Å². The number of hydrogen-bond acceptors (Lipinski definition) is 16. The predicted molar refractivity (Wildman–Crippen MR) is 437 cm³/mol. The van der Waals surface area contributed by atoms with Crippen LogP contribution in [0.4, 0.5) is 30.2 Å². The number of para-hydroxylation sites is 3. The molecule has 29 heteroatoms. The highest BCUT2D eigenvalue weighted by Gasteiger charge is 2.64. The maximum Gasteiger partial charge on any atom is 0.498 e. The number of fused-ring (bicyclic) bond motifs is 3. The third-order valence-corrected chi connectivity index (χ3v) is 24.6. The van der Waals surface area contributed by atoms with Crippen molar-refractivity contribution in [1.29, 1.82) is 0 Å². The first-order valence-corrected chi connectivity index (χ1v) is 40.8. The quantitative estimate of drug-likeness (QED) is 0.104. The summed E-state index contributed by atoms with van der Waals surface area (Å²) in [7, 11) is 2.00. The van der Waals surface area contributed by atoms with Crippen LogP contribution in [0.15, 0.2) is 131 Å². The van der Waals surface area contributed by atoms with E-state index in [-0.39, 0.29) is 93.3 Å². The molecule has 598 valence electrons. The predicted octanol–water partition coefficient (Wildman–Crippen LogP) is 17.8. The number of ether oxygens (including phenoxy) is 3. The van der Waals surface area contributed by atoms with E-state index in [0.29, 0.717) is 28.4 Å². The first kappa shape index (κ1) is 83.1. The minimum atomic E-state index is -0.658. The average molecular weight is 1680 g/mol. The topological polar surface area (TPSA) is 205 Å².